The molecule has 2 N–H and O–H groups in total. The van der Waals surface area contributed by atoms with Crippen LogP contribution in [0.4, 0.5) is 0 Å². The van der Waals surface area contributed by atoms with E-state index < -0.39 is 10.8 Å². The quantitative estimate of drug-likeness (QED) is 0.0473. The first kappa shape index (κ1) is 32.3. The highest BCUT2D eigenvalue weighted by Crippen LogP contribution is 2.43. The van der Waals surface area contributed by atoms with Crippen molar-refractivity contribution in [3.05, 3.63) is 35.6 Å². The first-order valence-electron chi connectivity index (χ1n) is 13.1. The minimum absolute atomic E-state index is 0.100. The molecule has 38 heavy (non-hydrogen) atoms. The molecule has 1 rings (SSSR count). The largest absolute Gasteiger partial charge is 0.508 e. The van der Waals surface area contributed by atoms with Crippen LogP contribution in [0, 0.1) is 36.2 Å². The molecule has 0 saturated carbocycles. The number of carbonyl (C=O) groups excluding carboxylic acids is 1. The summed E-state index contributed by atoms with van der Waals surface area (Å²) in [5.74, 6) is 9.60. The minimum atomic E-state index is -0.499. The second kappa shape index (κ2) is 16.2. The maximum absolute atomic E-state index is 12.0. The fourth-order valence-corrected chi connectivity index (χ4v) is 4.08. The fourth-order valence-electron chi connectivity index (χ4n) is 4.08. The summed E-state index contributed by atoms with van der Waals surface area (Å²) in [4.78, 5) is 21.8. The number of allylic oxidation sites excluding steroid dienone is 1. The molecule has 0 fully saturated rings. The Labute approximate surface area is 228 Å². The second-order valence-corrected chi connectivity index (χ2v) is 10.6. The number of phenolic OH excluding ortho intramolecular Hbond substituents is 2. The summed E-state index contributed by atoms with van der Waals surface area (Å²) in [6.07, 6.45) is 14.1. The standard InChI is InChI=1S/C32H42O6/c1-8-10-12-14-21-36-30(35)17-16-19-31(4,5)26-23-29(34)27(24-28(26)33)32(6,7)20-18-25(3)38-37-22-15-13-11-9-2/h2,23-24,33-34H,3,8,10,12,14,16-21H2,1,4-7H3. The predicted octanol–water partition coefficient (Wildman–Crippen LogP) is 6.79. The van der Waals surface area contributed by atoms with Crippen LogP contribution in [0.2, 0.25) is 0 Å². The van der Waals surface area contributed by atoms with Crippen LogP contribution >= 0.6 is 0 Å². The van der Waals surface area contributed by atoms with Gasteiger partial charge >= 0.3 is 5.97 Å². The third-order valence-electron chi connectivity index (χ3n) is 6.49. The molecule has 0 aliphatic carbocycles. The van der Waals surface area contributed by atoms with Gasteiger partial charge in [-0.3, -0.25) is 9.68 Å². The van der Waals surface area contributed by atoms with E-state index in [1.807, 2.05) is 27.7 Å². The number of ether oxygens (including phenoxy) is 1. The maximum atomic E-state index is 12.0. The van der Waals surface area contributed by atoms with Crippen molar-refractivity contribution in [1.29, 1.82) is 0 Å². The molecule has 0 spiro atoms. The summed E-state index contributed by atoms with van der Waals surface area (Å²) >= 11 is 0. The highest BCUT2D eigenvalue weighted by Gasteiger charge is 2.30. The summed E-state index contributed by atoms with van der Waals surface area (Å²) in [5, 5.41) is 21.8. The van der Waals surface area contributed by atoms with Crippen LogP contribution in [0.3, 0.4) is 0 Å². The molecule has 0 aliphatic rings. The van der Waals surface area contributed by atoms with Crippen molar-refractivity contribution in [2.24, 2.45) is 0 Å². The lowest BCUT2D eigenvalue weighted by atomic mass is 9.75. The van der Waals surface area contributed by atoms with Gasteiger partial charge in [-0.05, 0) is 60.5 Å². The molecule has 0 aromatic heterocycles. The first-order chi connectivity index (χ1) is 17.9. The average molecular weight is 523 g/mol. The van der Waals surface area contributed by atoms with Crippen molar-refractivity contribution in [3.8, 4) is 47.7 Å². The predicted molar refractivity (Wildman–Crippen MR) is 150 cm³/mol. The Balaban J connectivity index is 2.71. The molecule has 6 heteroatoms. The van der Waals surface area contributed by atoms with Crippen LogP contribution in [0.1, 0.15) is 104 Å². The Morgan fingerprint density at radius 1 is 0.921 bits per heavy atom. The van der Waals surface area contributed by atoms with Crippen LogP contribution < -0.4 is 0 Å². The molecule has 0 amide bonds. The smallest absolute Gasteiger partial charge is 0.305 e. The minimum Gasteiger partial charge on any atom is -0.508 e. The number of hydrogen-bond acceptors (Lipinski definition) is 6. The Hall–Kier alpha value is -3.69. The van der Waals surface area contributed by atoms with Gasteiger partial charge in [-0.25, -0.2) is 4.89 Å². The van der Waals surface area contributed by atoms with E-state index in [9.17, 15) is 15.0 Å². The molecular formula is C32H42O6. The number of carbonyl (C=O) groups is 1. The number of hydrogen-bond donors (Lipinski definition) is 2. The molecule has 1 aromatic rings. The van der Waals surface area contributed by atoms with Gasteiger partial charge in [0.1, 0.15) is 17.3 Å². The number of phenols is 2. The summed E-state index contributed by atoms with van der Waals surface area (Å²) < 4.78 is 5.32. The first-order valence-corrected chi connectivity index (χ1v) is 13.1. The zero-order valence-electron chi connectivity index (χ0n) is 23.5. The molecule has 0 saturated heterocycles. The second-order valence-electron chi connectivity index (χ2n) is 10.6. The maximum Gasteiger partial charge on any atom is 0.305 e. The molecule has 0 aliphatic heterocycles. The van der Waals surface area contributed by atoms with Crippen molar-refractivity contribution in [2.45, 2.75) is 103 Å². The van der Waals surface area contributed by atoms with Crippen molar-refractivity contribution < 1.29 is 29.5 Å². The molecule has 0 atom stereocenters. The van der Waals surface area contributed by atoms with Gasteiger partial charge in [0.2, 0.25) is 0 Å². The van der Waals surface area contributed by atoms with Gasteiger partial charge < -0.3 is 14.9 Å². The molecule has 206 valence electrons. The number of unbranched alkanes of at least 4 members (excludes halogenated alkanes) is 3. The third kappa shape index (κ3) is 11.6. The highest BCUT2D eigenvalue weighted by molar-refractivity contribution is 5.69. The third-order valence-corrected chi connectivity index (χ3v) is 6.49. The van der Waals surface area contributed by atoms with Crippen molar-refractivity contribution in [2.75, 3.05) is 6.61 Å². The summed E-state index contributed by atoms with van der Waals surface area (Å²) in [7, 11) is 0. The van der Waals surface area contributed by atoms with Gasteiger partial charge in [-0.15, -0.1) is 6.42 Å². The van der Waals surface area contributed by atoms with Gasteiger partial charge in [-0.2, -0.15) is 0 Å². The Morgan fingerprint density at radius 3 is 2.16 bits per heavy atom. The zero-order chi connectivity index (χ0) is 28.6. The van der Waals surface area contributed by atoms with E-state index in [4.69, 9.17) is 20.9 Å². The van der Waals surface area contributed by atoms with E-state index in [2.05, 4.69) is 43.3 Å². The summed E-state index contributed by atoms with van der Waals surface area (Å²) in [6.45, 7) is 14.3. The molecule has 6 nitrogen and oxygen atoms in total. The van der Waals surface area contributed by atoms with Gasteiger partial charge in [0, 0.05) is 35.8 Å². The fraction of sp³-hybridized carbons (Fsp3) is 0.531. The van der Waals surface area contributed by atoms with Crippen LogP contribution in [0.5, 0.6) is 11.5 Å². The zero-order valence-corrected chi connectivity index (χ0v) is 23.5. The van der Waals surface area contributed by atoms with Crippen molar-refractivity contribution in [1.82, 2.24) is 0 Å². The number of aromatic hydroxyl groups is 2. The molecule has 0 unspecified atom stereocenters. The van der Waals surface area contributed by atoms with E-state index in [0.29, 0.717) is 55.6 Å². The van der Waals surface area contributed by atoms with Gasteiger partial charge in [0.15, 0.2) is 6.11 Å². The van der Waals surface area contributed by atoms with Gasteiger partial charge in [0.25, 0.3) is 0 Å². The lowest BCUT2D eigenvalue weighted by Gasteiger charge is -2.30. The van der Waals surface area contributed by atoms with E-state index >= 15 is 0 Å². The van der Waals surface area contributed by atoms with E-state index in [0.717, 1.165) is 25.7 Å². The Kier molecular flexibility index (Phi) is 13.8. The number of rotatable bonds is 16. The van der Waals surface area contributed by atoms with Crippen LogP contribution in [-0.2, 0) is 30.1 Å². The SMILES string of the molecule is C#CC#CC#COOC(=C)CCC(C)(C)c1cc(O)c(C(C)(C)CCCC(=O)OCCCCCC)cc1O. The Bertz CT molecular complexity index is 1100. The van der Waals surface area contributed by atoms with E-state index in [1.165, 1.54) is 0 Å². The highest BCUT2D eigenvalue weighted by atomic mass is 17.2. The summed E-state index contributed by atoms with van der Waals surface area (Å²) in [6, 6.07) is 3.24. The molecule has 0 heterocycles. The van der Waals surface area contributed by atoms with Crippen LogP contribution in [0.25, 0.3) is 0 Å². The average Bonchev–Trinajstić information content (AvgIpc) is 2.85. The molecule has 0 bridgehead atoms. The van der Waals surface area contributed by atoms with Crippen molar-refractivity contribution >= 4 is 5.97 Å². The number of esters is 1. The lowest BCUT2D eigenvalue weighted by Crippen LogP contribution is -2.21. The molecule has 1 aromatic carbocycles. The van der Waals surface area contributed by atoms with Crippen LogP contribution in [0.15, 0.2) is 24.5 Å². The number of terminal acetylenes is 1. The monoisotopic (exact) mass is 522 g/mol. The van der Waals surface area contributed by atoms with Gasteiger partial charge in [0.05, 0.1) is 6.61 Å². The van der Waals surface area contributed by atoms with Gasteiger partial charge in [-0.1, -0.05) is 60.5 Å². The Morgan fingerprint density at radius 2 is 1.55 bits per heavy atom. The number of benzene rings is 1. The van der Waals surface area contributed by atoms with Crippen molar-refractivity contribution in [3.63, 3.8) is 0 Å². The topological polar surface area (TPSA) is 85.2 Å². The normalized spacial score (nSPS) is 10.7. The molecule has 0 radical (unpaired) electrons. The van der Waals surface area contributed by atoms with Crippen LogP contribution in [-0.4, -0.2) is 22.8 Å². The summed E-state index contributed by atoms with van der Waals surface area (Å²) in [5.41, 5.74) is 0.298. The lowest BCUT2D eigenvalue weighted by molar-refractivity contribution is -0.200. The van der Waals surface area contributed by atoms with E-state index in [-0.39, 0.29) is 17.5 Å². The molecular weight excluding hydrogens is 480 g/mol. The van der Waals surface area contributed by atoms with E-state index in [1.54, 1.807) is 12.1 Å².